The molecular weight excluding hydrogens is 291 g/mol. The minimum atomic E-state index is -4.39. The highest BCUT2D eigenvalue weighted by Gasteiger charge is 2.31. The quantitative estimate of drug-likeness (QED) is 0.777. The maximum absolute atomic E-state index is 12.6. The van der Waals surface area contributed by atoms with Crippen molar-refractivity contribution >= 4 is 11.6 Å². The summed E-state index contributed by atoms with van der Waals surface area (Å²) in [4.78, 5) is 14.2. The average molecular weight is 304 g/mol. The van der Waals surface area contributed by atoms with Crippen LogP contribution in [0.2, 0.25) is 0 Å². The number of aryl methyl sites for hydroxylation is 1. The molecule has 1 amide bonds. The number of rotatable bonds is 1. The Balaban J connectivity index is 1.89. The molecule has 1 radical (unpaired) electrons. The molecular formula is C17H13F3NO. The van der Waals surface area contributed by atoms with E-state index in [4.69, 9.17) is 0 Å². The Bertz CT molecular complexity index is 692. The van der Waals surface area contributed by atoms with Gasteiger partial charge in [-0.05, 0) is 60.9 Å². The standard InChI is InChI=1S/C17H13F3NO/c18-17(19,20)14-9-7-13(8-10-14)16(22)21-11-3-5-12-4-1-2-6-15(12)21/h2,4,6-10H,3,5,11H2. The van der Waals surface area contributed by atoms with Gasteiger partial charge in [-0.3, -0.25) is 4.79 Å². The van der Waals surface area contributed by atoms with Crippen LogP contribution < -0.4 is 4.90 Å². The highest BCUT2D eigenvalue weighted by molar-refractivity contribution is 6.06. The first kappa shape index (κ1) is 14.6. The number of anilines is 1. The summed E-state index contributed by atoms with van der Waals surface area (Å²) in [6, 6.07) is 12.7. The number of fused-ring (bicyclic) bond motifs is 1. The maximum Gasteiger partial charge on any atom is 0.416 e. The molecule has 0 spiro atoms. The number of nitrogens with zero attached hydrogens (tertiary/aromatic N) is 1. The first-order chi connectivity index (χ1) is 10.5. The smallest absolute Gasteiger partial charge is 0.308 e. The van der Waals surface area contributed by atoms with Gasteiger partial charge in [0.2, 0.25) is 0 Å². The topological polar surface area (TPSA) is 20.3 Å². The van der Waals surface area contributed by atoms with E-state index in [0.717, 1.165) is 36.2 Å². The van der Waals surface area contributed by atoms with Crippen molar-refractivity contribution in [3.63, 3.8) is 0 Å². The summed E-state index contributed by atoms with van der Waals surface area (Å²) in [5, 5.41) is 0. The van der Waals surface area contributed by atoms with Crippen LogP contribution in [0.25, 0.3) is 0 Å². The molecule has 2 nitrogen and oxygen atoms in total. The number of amides is 1. The molecule has 0 bridgehead atoms. The first-order valence-corrected chi connectivity index (χ1v) is 6.95. The Morgan fingerprint density at radius 2 is 1.86 bits per heavy atom. The van der Waals surface area contributed by atoms with Gasteiger partial charge in [0.05, 0.1) is 5.56 Å². The second-order valence-electron chi connectivity index (χ2n) is 5.19. The minimum absolute atomic E-state index is 0.258. The SMILES string of the molecule is O=C(c1ccc(C(F)(F)F)cc1)N1CCCc2c[c]ccc21. The van der Waals surface area contributed by atoms with Gasteiger partial charge in [0, 0.05) is 17.8 Å². The largest absolute Gasteiger partial charge is 0.416 e. The molecule has 0 N–H and O–H groups in total. The lowest BCUT2D eigenvalue weighted by Gasteiger charge is -2.29. The molecule has 0 saturated carbocycles. The molecule has 22 heavy (non-hydrogen) atoms. The van der Waals surface area contributed by atoms with Gasteiger partial charge in [-0.1, -0.05) is 6.07 Å². The number of carbonyl (C=O) groups excluding carboxylic acids is 1. The van der Waals surface area contributed by atoms with E-state index < -0.39 is 11.7 Å². The van der Waals surface area contributed by atoms with Crippen molar-refractivity contribution in [2.24, 2.45) is 0 Å². The van der Waals surface area contributed by atoms with E-state index in [2.05, 4.69) is 6.07 Å². The lowest BCUT2D eigenvalue weighted by Crippen LogP contribution is -2.35. The van der Waals surface area contributed by atoms with Crippen LogP contribution in [0.15, 0.2) is 42.5 Å². The number of hydrogen-bond donors (Lipinski definition) is 0. The second kappa shape index (κ2) is 5.48. The van der Waals surface area contributed by atoms with Gasteiger partial charge in [-0.2, -0.15) is 13.2 Å². The molecule has 0 unspecified atom stereocenters. The fourth-order valence-corrected chi connectivity index (χ4v) is 2.64. The third kappa shape index (κ3) is 2.71. The minimum Gasteiger partial charge on any atom is -0.308 e. The highest BCUT2D eigenvalue weighted by Crippen LogP contribution is 2.31. The predicted molar refractivity (Wildman–Crippen MR) is 76.7 cm³/mol. The summed E-state index contributed by atoms with van der Waals surface area (Å²) in [5.74, 6) is -0.277. The monoisotopic (exact) mass is 304 g/mol. The zero-order valence-corrected chi connectivity index (χ0v) is 11.7. The number of carbonyl (C=O) groups is 1. The Hall–Kier alpha value is -2.30. The van der Waals surface area contributed by atoms with E-state index in [9.17, 15) is 18.0 Å². The molecule has 113 valence electrons. The Morgan fingerprint density at radius 1 is 1.14 bits per heavy atom. The van der Waals surface area contributed by atoms with Crippen molar-refractivity contribution in [2.45, 2.75) is 19.0 Å². The Labute approximate surface area is 126 Å². The molecule has 0 aliphatic carbocycles. The van der Waals surface area contributed by atoms with E-state index in [0.29, 0.717) is 6.54 Å². The zero-order chi connectivity index (χ0) is 15.7. The molecule has 2 aromatic carbocycles. The van der Waals surface area contributed by atoms with Gasteiger partial charge in [0.1, 0.15) is 0 Å². The van der Waals surface area contributed by atoms with Crippen LogP contribution in [0.3, 0.4) is 0 Å². The van der Waals surface area contributed by atoms with Crippen LogP contribution in [-0.2, 0) is 12.6 Å². The van der Waals surface area contributed by atoms with Crippen molar-refractivity contribution in [1.29, 1.82) is 0 Å². The van der Waals surface area contributed by atoms with E-state index in [1.807, 2.05) is 12.1 Å². The average Bonchev–Trinajstić information content (AvgIpc) is 2.53. The normalized spacial score (nSPS) is 14.6. The van der Waals surface area contributed by atoms with Gasteiger partial charge >= 0.3 is 6.18 Å². The third-order valence-corrected chi connectivity index (χ3v) is 3.75. The van der Waals surface area contributed by atoms with Gasteiger partial charge in [-0.25, -0.2) is 0 Å². The van der Waals surface area contributed by atoms with Gasteiger partial charge in [-0.15, -0.1) is 0 Å². The second-order valence-corrected chi connectivity index (χ2v) is 5.19. The van der Waals surface area contributed by atoms with Crippen LogP contribution in [-0.4, -0.2) is 12.5 Å². The summed E-state index contributed by atoms with van der Waals surface area (Å²) in [5.41, 5.74) is 1.36. The first-order valence-electron chi connectivity index (χ1n) is 6.95. The zero-order valence-electron chi connectivity index (χ0n) is 11.7. The summed E-state index contributed by atoms with van der Waals surface area (Å²) in [6.07, 6.45) is -2.68. The lowest BCUT2D eigenvalue weighted by atomic mass is 10.0. The molecule has 0 atom stereocenters. The summed E-state index contributed by atoms with van der Waals surface area (Å²) >= 11 is 0. The molecule has 5 heteroatoms. The Kier molecular flexibility index (Phi) is 3.64. The fraction of sp³-hybridized carbons (Fsp3) is 0.235. The molecule has 1 aliphatic rings. The summed E-state index contributed by atoms with van der Waals surface area (Å²) in [7, 11) is 0. The molecule has 0 aromatic heterocycles. The van der Waals surface area contributed by atoms with Crippen LogP contribution in [0.4, 0.5) is 18.9 Å². The fourth-order valence-electron chi connectivity index (χ4n) is 2.64. The summed E-state index contributed by atoms with van der Waals surface area (Å²) < 4.78 is 37.7. The van der Waals surface area contributed by atoms with Crippen LogP contribution in [0, 0.1) is 6.07 Å². The number of halogens is 3. The number of benzene rings is 2. The van der Waals surface area contributed by atoms with E-state index in [1.165, 1.54) is 12.1 Å². The Morgan fingerprint density at radius 3 is 2.55 bits per heavy atom. The summed E-state index contributed by atoms with van der Waals surface area (Å²) in [6.45, 7) is 0.566. The number of hydrogen-bond acceptors (Lipinski definition) is 1. The predicted octanol–water partition coefficient (Wildman–Crippen LogP) is 4.10. The van der Waals surface area contributed by atoms with Crippen molar-refractivity contribution in [3.05, 3.63) is 65.2 Å². The van der Waals surface area contributed by atoms with E-state index in [1.54, 1.807) is 11.0 Å². The maximum atomic E-state index is 12.6. The van der Waals surface area contributed by atoms with Crippen molar-refractivity contribution in [1.82, 2.24) is 0 Å². The van der Waals surface area contributed by atoms with Crippen LogP contribution in [0.1, 0.15) is 27.9 Å². The molecule has 2 aromatic rings. The molecule has 1 heterocycles. The van der Waals surface area contributed by atoms with Gasteiger partial charge in [0.25, 0.3) is 5.91 Å². The van der Waals surface area contributed by atoms with Crippen molar-refractivity contribution in [2.75, 3.05) is 11.4 Å². The van der Waals surface area contributed by atoms with Gasteiger partial charge < -0.3 is 4.90 Å². The highest BCUT2D eigenvalue weighted by atomic mass is 19.4. The molecule has 3 rings (SSSR count). The van der Waals surface area contributed by atoms with Crippen molar-refractivity contribution < 1.29 is 18.0 Å². The molecule has 0 fully saturated rings. The van der Waals surface area contributed by atoms with E-state index in [-0.39, 0.29) is 11.5 Å². The van der Waals surface area contributed by atoms with Crippen molar-refractivity contribution in [3.8, 4) is 0 Å². The molecule has 0 saturated heterocycles. The van der Waals surface area contributed by atoms with Crippen LogP contribution >= 0.6 is 0 Å². The van der Waals surface area contributed by atoms with Gasteiger partial charge in [0.15, 0.2) is 0 Å². The van der Waals surface area contributed by atoms with E-state index >= 15 is 0 Å². The third-order valence-electron chi connectivity index (χ3n) is 3.75. The number of alkyl halides is 3. The molecule has 1 aliphatic heterocycles. The lowest BCUT2D eigenvalue weighted by molar-refractivity contribution is -0.137. The van der Waals surface area contributed by atoms with Crippen LogP contribution in [0.5, 0.6) is 0 Å².